The van der Waals surface area contributed by atoms with Crippen LogP contribution in [0.2, 0.25) is 0 Å². The quantitative estimate of drug-likeness (QED) is 0.152. The van der Waals surface area contributed by atoms with Gasteiger partial charge in [0.1, 0.15) is 12.0 Å². The first-order chi connectivity index (χ1) is 15.4. The molecule has 1 atom stereocenters. The van der Waals surface area contributed by atoms with Crippen LogP contribution in [0.3, 0.4) is 0 Å². The predicted octanol–water partition coefficient (Wildman–Crippen LogP) is 3.12. The minimum Gasteiger partial charge on any atom is -0.379 e. The van der Waals surface area contributed by atoms with Gasteiger partial charge >= 0.3 is 0 Å². The molecule has 4 N–H and O–H groups in total. The summed E-state index contributed by atoms with van der Waals surface area (Å²) in [7, 11) is 1.79. The maximum Gasteiger partial charge on any atom is 0.229 e. The van der Waals surface area contributed by atoms with Crippen molar-refractivity contribution in [3.8, 4) is 0 Å². The molecule has 0 spiro atoms. The molecule has 9 nitrogen and oxygen atoms in total. The Kier molecular flexibility index (Phi) is 14.5. The normalized spacial score (nSPS) is 12.8. The summed E-state index contributed by atoms with van der Waals surface area (Å²) in [5, 5.41) is 19.1. The second-order valence-corrected chi connectivity index (χ2v) is 8.07. The van der Waals surface area contributed by atoms with Crippen LogP contribution in [0.25, 0.3) is 0 Å². The van der Waals surface area contributed by atoms with Crippen LogP contribution < -0.4 is 16.0 Å². The number of ether oxygens (including phenoxy) is 1. The number of carbonyl (C=O) groups excluding carboxylic acids is 1. The largest absolute Gasteiger partial charge is 0.379 e. The van der Waals surface area contributed by atoms with E-state index in [2.05, 4.69) is 41.8 Å². The molecule has 1 heterocycles. The first kappa shape index (κ1) is 28.0. The van der Waals surface area contributed by atoms with Crippen LogP contribution in [-0.4, -0.2) is 72.0 Å². The molecule has 1 aromatic heterocycles. The van der Waals surface area contributed by atoms with Gasteiger partial charge in [0.25, 0.3) is 0 Å². The summed E-state index contributed by atoms with van der Waals surface area (Å²) < 4.78 is 6.31. The Morgan fingerprint density at radius 1 is 1.41 bits per heavy atom. The van der Waals surface area contributed by atoms with E-state index in [4.69, 9.17) is 4.74 Å². The number of amides is 1. The highest BCUT2D eigenvalue weighted by Gasteiger charge is 2.06. The SMILES string of the molecule is C/C=C(\C=C/COCCNC(O)CCC)Nc1ncc(Br)c(NCCCN(C)C(C)=O)n1. The first-order valence-corrected chi connectivity index (χ1v) is 11.7. The van der Waals surface area contributed by atoms with Crippen molar-refractivity contribution in [2.75, 3.05) is 50.5 Å². The molecule has 0 saturated carbocycles. The van der Waals surface area contributed by atoms with Gasteiger partial charge in [-0.15, -0.1) is 0 Å². The summed E-state index contributed by atoms with van der Waals surface area (Å²) in [5.74, 6) is 1.22. The maximum absolute atomic E-state index is 11.3. The number of aliphatic hydroxyl groups is 1. The number of carbonyl (C=O) groups is 1. The smallest absolute Gasteiger partial charge is 0.229 e. The molecule has 0 aliphatic rings. The van der Waals surface area contributed by atoms with Crippen molar-refractivity contribution in [1.29, 1.82) is 0 Å². The van der Waals surface area contributed by atoms with E-state index in [-0.39, 0.29) is 5.91 Å². The minimum absolute atomic E-state index is 0.0551. The van der Waals surface area contributed by atoms with E-state index in [1.165, 1.54) is 0 Å². The predicted molar refractivity (Wildman–Crippen MR) is 132 cm³/mol. The van der Waals surface area contributed by atoms with Gasteiger partial charge in [-0.05, 0) is 41.8 Å². The third kappa shape index (κ3) is 12.1. The molecule has 0 radical (unpaired) electrons. The second-order valence-electron chi connectivity index (χ2n) is 7.22. The van der Waals surface area contributed by atoms with E-state index in [0.717, 1.165) is 29.4 Å². The van der Waals surface area contributed by atoms with Crippen LogP contribution in [0.1, 0.15) is 40.0 Å². The Hall–Kier alpha value is -2.01. The zero-order valence-electron chi connectivity index (χ0n) is 19.5. The van der Waals surface area contributed by atoms with Crippen molar-refractivity contribution in [2.45, 2.75) is 46.3 Å². The Balaban J connectivity index is 2.42. The van der Waals surface area contributed by atoms with Gasteiger partial charge < -0.3 is 25.4 Å². The summed E-state index contributed by atoms with van der Waals surface area (Å²) >= 11 is 3.46. The molecule has 32 heavy (non-hydrogen) atoms. The van der Waals surface area contributed by atoms with Crippen LogP contribution in [0.5, 0.6) is 0 Å². The first-order valence-electron chi connectivity index (χ1n) is 10.9. The lowest BCUT2D eigenvalue weighted by Gasteiger charge is -2.15. The van der Waals surface area contributed by atoms with E-state index in [1.807, 2.05) is 32.1 Å². The number of halogens is 1. The van der Waals surface area contributed by atoms with Gasteiger partial charge in [-0.3, -0.25) is 10.1 Å². The zero-order chi connectivity index (χ0) is 23.8. The lowest BCUT2D eigenvalue weighted by Crippen LogP contribution is -2.31. The van der Waals surface area contributed by atoms with Crippen molar-refractivity contribution < 1.29 is 14.6 Å². The standard InChI is InChI=1S/C22H37BrN6O3/c1-5-9-20(31)24-12-15-32-14-7-10-18(6-2)27-22-26-16-19(23)21(28-22)25-11-8-13-29(4)17(3)30/h6-7,10,16,20,24,31H,5,8-9,11-15H2,1-4H3,(H2,25,26,27,28)/b10-7-,18-6+. The average molecular weight is 513 g/mol. The molecule has 180 valence electrons. The highest BCUT2D eigenvalue weighted by Crippen LogP contribution is 2.20. The number of aliphatic hydroxyl groups excluding tert-OH is 1. The van der Waals surface area contributed by atoms with Gasteiger partial charge in [-0.2, -0.15) is 4.98 Å². The Morgan fingerprint density at radius 3 is 2.88 bits per heavy atom. The number of aromatic nitrogens is 2. The highest BCUT2D eigenvalue weighted by atomic mass is 79.9. The van der Waals surface area contributed by atoms with Gasteiger partial charge in [0, 0.05) is 45.5 Å². The van der Waals surface area contributed by atoms with E-state index in [9.17, 15) is 9.90 Å². The fourth-order valence-electron chi connectivity index (χ4n) is 2.57. The van der Waals surface area contributed by atoms with E-state index in [1.54, 1.807) is 25.1 Å². The Labute approximate surface area is 199 Å². The molecule has 0 bridgehead atoms. The third-order valence-corrected chi connectivity index (χ3v) is 5.09. The highest BCUT2D eigenvalue weighted by molar-refractivity contribution is 9.10. The molecule has 1 unspecified atom stereocenters. The molecule has 0 saturated heterocycles. The van der Waals surface area contributed by atoms with E-state index >= 15 is 0 Å². The van der Waals surface area contributed by atoms with Gasteiger partial charge in [0.05, 0.1) is 17.7 Å². The fraction of sp³-hybridized carbons (Fsp3) is 0.591. The van der Waals surface area contributed by atoms with Crippen LogP contribution in [0.15, 0.2) is 34.6 Å². The van der Waals surface area contributed by atoms with Gasteiger partial charge in [0.2, 0.25) is 11.9 Å². The molecule has 0 aliphatic heterocycles. The molecular weight excluding hydrogens is 476 g/mol. The van der Waals surface area contributed by atoms with Gasteiger partial charge in [0.15, 0.2) is 0 Å². The molecule has 0 fully saturated rings. The lowest BCUT2D eigenvalue weighted by atomic mass is 10.3. The molecule has 0 aromatic carbocycles. The van der Waals surface area contributed by atoms with E-state index < -0.39 is 6.23 Å². The van der Waals surface area contributed by atoms with Crippen molar-refractivity contribution in [2.24, 2.45) is 0 Å². The Morgan fingerprint density at radius 2 is 2.19 bits per heavy atom. The maximum atomic E-state index is 11.3. The molecule has 0 aliphatic carbocycles. The summed E-state index contributed by atoms with van der Waals surface area (Å²) in [4.78, 5) is 21.8. The summed E-state index contributed by atoms with van der Waals surface area (Å²) in [6.45, 7) is 8.49. The molecule has 1 aromatic rings. The molecular formula is C22H37BrN6O3. The second kappa shape index (κ2) is 16.6. The number of nitrogens with zero attached hydrogens (tertiary/aromatic N) is 3. The van der Waals surface area contributed by atoms with E-state index in [0.29, 0.717) is 44.6 Å². The van der Waals surface area contributed by atoms with Crippen molar-refractivity contribution >= 4 is 33.6 Å². The molecule has 1 amide bonds. The lowest BCUT2D eigenvalue weighted by molar-refractivity contribution is -0.127. The number of hydrogen-bond acceptors (Lipinski definition) is 8. The fourth-order valence-corrected chi connectivity index (χ4v) is 2.90. The number of anilines is 2. The van der Waals surface area contributed by atoms with Gasteiger partial charge in [-0.1, -0.05) is 25.5 Å². The number of nitrogens with one attached hydrogen (secondary N) is 3. The molecule has 1 rings (SSSR count). The topological polar surface area (TPSA) is 112 Å². The number of hydrogen-bond donors (Lipinski definition) is 4. The monoisotopic (exact) mass is 512 g/mol. The van der Waals surface area contributed by atoms with Gasteiger partial charge in [-0.25, -0.2) is 4.98 Å². The van der Waals surface area contributed by atoms with Crippen LogP contribution in [0, 0.1) is 0 Å². The van der Waals surface area contributed by atoms with Crippen molar-refractivity contribution in [3.05, 3.63) is 34.6 Å². The minimum atomic E-state index is -0.467. The summed E-state index contributed by atoms with van der Waals surface area (Å²) in [6.07, 6.45) is 9.46. The number of allylic oxidation sites excluding steroid dienone is 2. The summed E-state index contributed by atoms with van der Waals surface area (Å²) in [5.41, 5.74) is 0.849. The van der Waals surface area contributed by atoms with Crippen LogP contribution in [-0.2, 0) is 9.53 Å². The third-order valence-electron chi connectivity index (χ3n) is 4.51. The van der Waals surface area contributed by atoms with Crippen molar-refractivity contribution in [1.82, 2.24) is 20.2 Å². The van der Waals surface area contributed by atoms with Crippen molar-refractivity contribution in [3.63, 3.8) is 0 Å². The summed E-state index contributed by atoms with van der Waals surface area (Å²) in [6, 6.07) is 0. The average Bonchev–Trinajstić information content (AvgIpc) is 2.76. The van der Waals surface area contributed by atoms with Crippen LogP contribution in [0.4, 0.5) is 11.8 Å². The van der Waals surface area contributed by atoms with Crippen LogP contribution >= 0.6 is 15.9 Å². The zero-order valence-corrected chi connectivity index (χ0v) is 21.1. The Bertz CT molecular complexity index is 744. The molecule has 10 heteroatoms. The number of rotatable bonds is 16.